The second-order valence-electron chi connectivity index (χ2n) is 8.49. The summed E-state index contributed by atoms with van der Waals surface area (Å²) in [5.41, 5.74) is 0.113. The molecule has 0 bridgehead atoms. The minimum Gasteiger partial charge on any atom is -0.493 e. The van der Waals surface area contributed by atoms with Gasteiger partial charge in [-0.2, -0.15) is 13.2 Å². The minimum absolute atomic E-state index is 0.158. The summed E-state index contributed by atoms with van der Waals surface area (Å²) < 4.78 is 49.9. The van der Waals surface area contributed by atoms with Crippen molar-refractivity contribution in [2.24, 2.45) is 0 Å². The van der Waals surface area contributed by atoms with E-state index in [0.717, 1.165) is 22.1 Å². The number of carbonyl (C=O) groups is 3. The van der Waals surface area contributed by atoms with Gasteiger partial charge in [0.25, 0.3) is 5.91 Å². The molecule has 3 amide bonds. The van der Waals surface area contributed by atoms with Crippen LogP contribution in [0.4, 0.5) is 29.3 Å². The average molecular weight is 536 g/mol. The molecule has 4 aromatic rings. The zero-order valence-corrected chi connectivity index (χ0v) is 20.5. The normalized spacial score (nSPS) is 13.8. The first-order chi connectivity index (χ1) is 18.6. The first-order valence-electron chi connectivity index (χ1n) is 11.4. The number of halogens is 3. The number of benzene rings is 2. The molecule has 198 valence electrons. The molecule has 1 fully saturated rings. The van der Waals surface area contributed by atoms with Crippen molar-refractivity contribution in [3.05, 3.63) is 83.8 Å². The molecule has 1 aliphatic heterocycles. The molecule has 0 aliphatic carbocycles. The summed E-state index contributed by atoms with van der Waals surface area (Å²) >= 11 is 0. The Morgan fingerprint density at radius 1 is 0.923 bits per heavy atom. The number of alkyl halides is 3. The lowest BCUT2D eigenvalue weighted by Crippen LogP contribution is -2.33. The van der Waals surface area contributed by atoms with Gasteiger partial charge in [-0.25, -0.2) is 9.69 Å². The molecule has 0 unspecified atom stereocenters. The molecule has 1 aliphatic rings. The van der Waals surface area contributed by atoms with Crippen molar-refractivity contribution in [1.29, 1.82) is 0 Å². The first-order valence-corrected chi connectivity index (χ1v) is 11.4. The van der Waals surface area contributed by atoms with Gasteiger partial charge >= 0.3 is 12.2 Å². The van der Waals surface area contributed by atoms with E-state index in [9.17, 15) is 27.6 Å². The predicted molar refractivity (Wildman–Crippen MR) is 134 cm³/mol. The van der Waals surface area contributed by atoms with Crippen LogP contribution >= 0.6 is 0 Å². The summed E-state index contributed by atoms with van der Waals surface area (Å²) in [6, 6.07) is 10.6. The number of pyridine rings is 2. The summed E-state index contributed by atoms with van der Waals surface area (Å²) in [6.45, 7) is -0.462. The second kappa shape index (κ2) is 9.71. The van der Waals surface area contributed by atoms with Gasteiger partial charge < -0.3 is 9.47 Å². The number of imide groups is 1. The van der Waals surface area contributed by atoms with Gasteiger partial charge in [0.1, 0.15) is 6.54 Å². The van der Waals surface area contributed by atoms with Crippen molar-refractivity contribution in [2.45, 2.75) is 6.18 Å². The molecular weight excluding hydrogens is 517 g/mol. The fraction of sp³-hybridized carbons (Fsp3) is 0.148. The van der Waals surface area contributed by atoms with Crippen LogP contribution in [0, 0.1) is 0 Å². The highest BCUT2D eigenvalue weighted by Crippen LogP contribution is 2.35. The maximum Gasteiger partial charge on any atom is 0.417 e. The van der Waals surface area contributed by atoms with Gasteiger partial charge in [-0.3, -0.25) is 24.5 Å². The predicted octanol–water partition coefficient (Wildman–Crippen LogP) is 4.87. The molecule has 0 atom stereocenters. The Hall–Kier alpha value is -5.00. The monoisotopic (exact) mass is 536 g/mol. The largest absolute Gasteiger partial charge is 0.493 e. The highest BCUT2D eigenvalue weighted by Gasteiger charge is 2.39. The maximum absolute atomic E-state index is 13.4. The van der Waals surface area contributed by atoms with Crippen LogP contribution in [0.2, 0.25) is 0 Å². The number of ketones is 1. The van der Waals surface area contributed by atoms with Crippen molar-refractivity contribution >= 4 is 40.0 Å². The summed E-state index contributed by atoms with van der Waals surface area (Å²) in [7, 11) is 2.97. The Bertz CT molecular complexity index is 1620. The molecule has 0 spiro atoms. The van der Waals surface area contributed by atoms with Crippen LogP contribution in [0.3, 0.4) is 0 Å². The van der Waals surface area contributed by atoms with Crippen LogP contribution in [0.1, 0.15) is 21.5 Å². The molecule has 2 aromatic heterocycles. The summed E-state index contributed by atoms with van der Waals surface area (Å²) in [5, 5.41) is 0.541. The lowest BCUT2D eigenvalue weighted by Gasteiger charge is -2.18. The van der Waals surface area contributed by atoms with Crippen molar-refractivity contribution in [2.75, 3.05) is 30.6 Å². The Morgan fingerprint density at radius 2 is 1.62 bits per heavy atom. The first kappa shape index (κ1) is 25.6. The van der Waals surface area contributed by atoms with E-state index in [0.29, 0.717) is 34.2 Å². The smallest absolute Gasteiger partial charge is 0.417 e. The van der Waals surface area contributed by atoms with Gasteiger partial charge in [0.05, 0.1) is 42.9 Å². The van der Waals surface area contributed by atoms with Crippen LogP contribution in [0.15, 0.2) is 67.1 Å². The third kappa shape index (κ3) is 4.60. The van der Waals surface area contributed by atoms with Gasteiger partial charge in [0, 0.05) is 35.0 Å². The molecular formula is C27H19F3N4O5. The van der Waals surface area contributed by atoms with Crippen molar-refractivity contribution in [3.63, 3.8) is 0 Å². The quantitative estimate of drug-likeness (QED) is 0.256. The average Bonchev–Trinajstić information content (AvgIpc) is 3.24. The zero-order valence-electron chi connectivity index (χ0n) is 20.5. The number of anilines is 2. The summed E-state index contributed by atoms with van der Waals surface area (Å²) in [5.74, 6) is -0.0927. The summed E-state index contributed by atoms with van der Waals surface area (Å²) in [4.78, 5) is 48.7. The highest BCUT2D eigenvalue weighted by atomic mass is 19.4. The Labute approximate surface area is 219 Å². The number of ether oxygens (including phenoxy) is 2. The lowest BCUT2D eigenvalue weighted by molar-refractivity contribution is -0.137. The molecule has 0 saturated carbocycles. The van der Waals surface area contributed by atoms with E-state index < -0.39 is 30.2 Å². The van der Waals surface area contributed by atoms with Gasteiger partial charge in [0.2, 0.25) is 0 Å². The molecule has 0 N–H and O–H groups in total. The number of carbonyl (C=O) groups excluding carboxylic acids is 3. The van der Waals surface area contributed by atoms with Crippen LogP contribution < -0.4 is 19.3 Å². The third-order valence-electron chi connectivity index (χ3n) is 6.21. The minimum atomic E-state index is -4.66. The number of rotatable bonds is 6. The second-order valence-corrected chi connectivity index (χ2v) is 8.49. The van der Waals surface area contributed by atoms with Gasteiger partial charge in [-0.05, 0) is 42.5 Å². The molecule has 3 heterocycles. The molecule has 2 aromatic carbocycles. The number of hydrogen-bond acceptors (Lipinski definition) is 7. The standard InChI is InChI=1S/C27H19F3N4O5/c1-38-22-10-20-19(7-8-32-21(20)11-23(22)39-2)25(36)15-3-5-17(6-4-15)34-24(35)14-33(26(34)37)18-9-16(12-31-13-18)27(28,29)30/h3-13H,14H2,1-2H3. The molecule has 39 heavy (non-hydrogen) atoms. The molecule has 5 rings (SSSR count). The van der Waals surface area contributed by atoms with Crippen LogP contribution in [0.25, 0.3) is 10.9 Å². The number of methoxy groups -OCH3 is 2. The van der Waals surface area contributed by atoms with Gasteiger partial charge in [-0.1, -0.05) is 0 Å². The molecule has 9 nitrogen and oxygen atoms in total. The fourth-order valence-electron chi connectivity index (χ4n) is 4.28. The van der Waals surface area contributed by atoms with Gasteiger partial charge in [0.15, 0.2) is 17.3 Å². The number of aromatic nitrogens is 2. The van der Waals surface area contributed by atoms with Crippen molar-refractivity contribution < 1.29 is 37.0 Å². The SMILES string of the molecule is COc1cc2nccc(C(=O)c3ccc(N4C(=O)CN(c5cncc(C(F)(F)F)c5)C4=O)cc3)c2cc1OC. The number of fused-ring (bicyclic) bond motifs is 1. The van der Waals surface area contributed by atoms with Crippen LogP contribution in [-0.2, 0) is 11.0 Å². The van der Waals surface area contributed by atoms with E-state index in [-0.39, 0.29) is 22.7 Å². The van der Waals surface area contributed by atoms with E-state index in [4.69, 9.17) is 9.47 Å². The Kier molecular flexibility index (Phi) is 6.38. The van der Waals surface area contributed by atoms with Crippen molar-refractivity contribution in [1.82, 2.24) is 9.97 Å². The number of urea groups is 1. The van der Waals surface area contributed by atoms with E-state index in [1.54, 1.807) is 18.2 Å². The van der Waals surface area contributed by atoms with E-state index in [2.05, 4.69) is 9.97 Å². The zero-order chi connectivity index (χ0) is 27.9. The van der Waals surface area contributed by atoms with Gasteiger partial charge in [-0.15, -0.1) is 0 Å². The lowest BCUT2D eigenvalue weighted by atomic mass is 9.99. The molecule has 1 saturated heterocycles. The van der Waals surface area contributed by atoms with E-state index in [1.807, 2.05) is 0 Å². The molecule has 12 heteroatoms. The Morgan fingerprint density at radius 3 is 2.28 bits per heavy atom. The van der Waals surface area contributed by atoms with Crippen molar-refractivity contribution in [3.8, 4) is 11.5 Å². The number of nitrogens with zero attached hydrogens (tertiary/aromatic N) is 4. The molecule has 0 radical (unpaired) electrons. The van der Waals surface area contributed by atoms with Crippen LogP contribution in [0.5, 0.6) is 11.5 Å². The maximum atomic E-state index is 13.4. The number of amides is 3. The third-order valence-corrected chi connectivity index (χ3v) is 6.21. The summed E-state index contributed by atoms with van der Waals surface area (Å²) in [6.07, 6.45) is -1.45. The Balaban J connectivity index is 1.42. The van der Waals surface area contributed by atoms with E-state index in [1.165, 1.54) is 44.7 Å². The van der Waals surface area contributed by atoms with E-state index >= 15 is 0 Å². The fourth-order valence-corrected chi connectivity index (χ4v) is 4.28. The topological polar surface area (TPSA) is 102 Å². The highest BCUT2D eigenvalue weighted by molar-refractivity contribution is 6.27. The number of hydrogen-bond donors (Lipinski definition) is 0. The van der Waals surface area contributed by atoms with Crippen LogP contribution in [-0.4, -0.2) is 48.5 Å².